The largest absolute Gasteiger partial charge is 0.461 e. The molecule has 1 heterocycles. The molecule has 0 radical (unpaired) electrons. The van der Waals surface area contributed by atoms with Gasteiger partial charge in [-0.2, -0.15) is 0 Å². The molecule has 0 unspecified atom stereocenters. The van der Waals surface area contributed by atoms with Crippen LogP contribution in [-0.2, 0) is 11.2 Å². The number of nitrogens with zero attached hydrogens (tertiary/aromatic N) is 1. The fourth-order valence-electron chi connectivity index (χ4n) is 1.68. The highest BCUT2D eigenvalue weighted by Crippen LogP contribution is 2.31. The van der Waals surface area contributed by atoms with E-state index < -0.39 is 4.92 Å². The summed E-state index contributed by atoms with van der Waals surface area (Å²) >= 11 is 5.83. The summed E-state index contributed by atoms with van der Waals surface area (Å²) in [5.74, 6) is 1.08. The van der Waals surface area contributed by atoms with Crippen LogP contribution in [0.25, 0.3) is 11.3 Å². The van der Waals surface area contributed by atoms with Crippen molar-refractivity contribution in [2.45, 2.75) is 13.3 Å². The molecule has 0 amide bonds. The number of furan rings is 1. The third-order valence-corrected chi connectivity index (χ3v) is 2.82. The zero-order valence-corrected chi connectivity index (χ0v) is 10.8. The molecule has 0 aliphatic heterocycles. The number of ketones is 1. The zero-order chi connectivity index (χ0) is 14.0. The van der Waals surface area contributed by atoms with Crippen LogP contribution in [0, 0.1) is 10.1 Å². The summed E-state index contributed by atoms with van der Waals surface area (Å²) < 4.78 is 5.49. The standard InChI is InChI=1S/C13H10ClNO4/c1-8(16)6-10-3-5-13(19-10)9-2-4-12(15(17)18)11(14)7-9/h2-5,7H,6H2,1H3. The quantitative estimate of drug-likeness (QED) is 0.632. The van der Waals surface area contributed by atoms with Crippen molar-refractivity contribution in [1.82, 2.24) is 0 Å². The smallest absolute Gasteiger partial charge is 0.287 e. The highest BCUT2D eigenvalue weighted by Gasteiger charge is 2.14. The molecular weight excluding hydrogens is 270 g/mol. The Balaban J connectivity index is 2.32. The van der Waals surface area contributed by atoms with E-state index in [4.69, 9.17) is 16.0 Å². The fraction of sp³-hybridized carbons (Fsp3) is 0.154. The van der Waals surface area contributed by atoms with Crippen molar-refractivity contribution in [2.75, 3.05) is 0 Å². The molecule has 0 N–H and O–H groups in total. The molecule has 0 spiro atoms. The number of hydrogen-bond acceptors (Lipinski definition) is 4. The molecule has 1 aromatic carbocycles. The Kier molecular flexibility index (Phi) is 3.66. The van der Waals surface area contributed by atoms with Gasteiger partial charge in [-0.3, -0.25) is 14.9 Å². The molecule has 0 fully saturated rings. The molecule has 0 saturated carbocycles. The molecule has 2 rings (SSSR count). The summed E-state index contributed by atoms with van der Waals surface area (Å²) in [4.78, 5) is 21.1. The Labute approximate surface area is 113 Å². The van der Waals surface area contributed by atoms with Crippen molar-refractivity contribution in [2.24, 2.45) is 0 Å². The molecule has 19 heavy (non-hydrogen) atoms. The molecule has 0 aliphatic rings. The lowest BCUT2D eigenvalue weighted by Crippen LogP contribution is -1.93. The Morgan fingerprint density at radius 3 is 2.68 bits per heavy atom. The normalized spacial score (nSPS) is 10.4. The first-order chi connectivity index (χ1) is 8.97. The minimum Gasteiger partial charge on any atom is -0.461 e. The molecule has 6 heteroatoms. The van der Waals surface area contributed by atoms with Crippen LogP contribution < -0.4 is 0 Å². The maximum Gasteiger partial charge on any atom is 0.287 e. The lowest BCUT2D eigenvalue weighted by molar-refractivity contribution is -0.384. The van der Waals surface area contributed by atoms with Gasteiger partial charge in [0, 0.05) is 11.6 Å². The number of hydrogen-bond donors (Lipinski definition) is 0. The molecule has 5 nitrogen and oxygen atoms in total. The van der Waals surface area contributed by atoms with Gasteiger partial charge in [-0.1, -0.05) is 11.6 Å². The Hall–Kier alpha value is -2.14. The van der Waals surface area contributed by atoms with Crippen LogP contribution in [0.2, 0.25) is 5.02 Å². The number of nitro groups is 1. The van der Waals surface area contributed by atoms with Crippen molar-refractivity contribution in [3.63, 3.8) is 0 Å². The fourth-order valence-corrected chi connectivity index (χ4v) is 1.93. The predicted molar refractivity (Wildman–Crippen MR) is 70.2 cm³/mol. The molecular formula is C13H10ClNO4. The molecule has 0 atom stereocenters. The van der Waals surface area contributed by atoms with Gasteiger partial charge >= 0.3 is 0 Å². The van der Waals surface area contributed by atoms with Crippen LogP contribution in [0.4, 0.5) is 5.69 Å². The Bertz CT molecular complexity index is 648. The van der Waals surface area contributed by atoms with Gasteiger partial charge in [0.25, 0.3) is 5.69 Å². The van der Waals surface area contributed by atoms with E-state index in [1.165, 1.54) is 19.1 Å². The molecule has 0 saturated heterocycles. The van der Waals surface area contributed by atoms with Crippen molar-refractivity contribution in [3.05, 3.63) is 51.2 Å². The maximum atomic E-state index is 11.0. The first-order valence-electron chi connectivity index (χ1n) is 5.50. The highest BCUT2D eigenvalue weighted by atomic mass is 35.5. The van der Waals surface area contributed by atoms with Crippen molar-refractivity contribution in [1.29, 1.82) is 0 Å². The number of benzene rings is 1. The summed E-state index contributed by atoms with van der Waals surface area (Å²) in [6, 6.07) is 7.75. The van der Waals surface area contributed by atoms with Crippen molar-refractivity contribution >= 4 is 23.1 Å². The van der Waals surface area contributed by atoms with Gasteiger partial charge in [0.15, 0.2) is 0 Å². The minimum absolute atomic E-state index is 0.00244. The van der Waals surface area contributed by atoms with Crippen LogP contribution in [-0.4, -0.2) is 10.7 Å². The Morgan fingerprint density at radius 2 is 2.11 bits per heavy atom. The number of nitro benzene ring substituents is 1. The van der Waals surface area contributed by atoms with Crippen LogP contribution >= 0.6 is 11.6 Å². The molecule has 0 bridgehead atoms. The van der Waals surface area contributed by atoms with E-state index >= 15 is 0 Å². The van der Waals surface area contributed by atoms with E-state index in [-0.39, 0.29) is 22.9 Å². The van der Waals surface area contributed by atoms with E-state index in [0.717, 1.165) is 0 Å². The maximum absolute atomic E-state index is 11.0. The van der Waals surface area contributed by atoms with Gasteiger partial charge in [-0.15, -0.1) is 0 Å². The lowest BCUT2D eigenvalue weighted by Gasteiger charge is -1.99. The SMILES string of the molecule is CC(=O)Cc1ccc(-c2ccc([N+](=O)[O-])c(Cl)c2)o1. The van der Waals surface area contributed by atoms with Crippen LogP contribution in [0.1, 0.15) is 12.7 Å². The van der Waals surface area contributed by atoms with Gasteiger partial charge in [0.2, 0.25) is 0 Å². The van der Waals surface area contributed by atoms with Crippen molar-refractivity contribution in [3.8, 4) is 11.3 Å². The number of rotatable bonds is 4. The summed E-state index contributed by atoms with van der Waals surface area (Å²) in [6.45, 7) is 1.48. The molecule has 2 aromatic rings. The average Bonchev–Trinajstić information content (AvgIpc) is 2.75. The number of halogens is 1. The van der Waals surface area contributed by atoms with Crippen LogP contribution in [0.15, 0.2) is 34.7 Å². The second-order valence-corrected chi connectivity index (χ2v) is 4.48. The summed E-state index contributed by atoms with van der Waals surface area (Å²) in [6.07, 6.45) is 0.223. The lowest BCUT2D eigenvalue weighted by atomic mass is 10.1. The first-order valence-corrected chi connectivity index (χ1v) is 5.87. The van der Waals surface area contributed by atoms with E-state index in [1.807, 2.05) is 0 Å². The topological polar surface area (TPSA) is 73.3 Å². The van der Waals surface area contributed by atoms with E-state index in [1.54, 1.807) is 18.2 Å². The predicted octanol–water partition coefficient (Wildman–Crippen LogP) is 3.64. The number of carbonyl (C=O) groups excluding carboxylic acids is 1. The summed E-state index contributed by atoms with van der Waals surface area (Å²) in [5, 5.41) is 10.7. The van der Waals surface area contributed by atoms with Gasteiger partial charge in [-0.05, 0) is 31.2 Å². The Morgan fingerprint density at radius 1 is 1.37 bits per heavy atom. The van der Waals surface area contributed by atoms with E-state index in [2.05, 4.69) is 0 Å². The first kappa shape index (κ1) is 13.3. The van der Waals surface area contributed by atoms with Gasteiger partial charge in [-0.25, -0.2) is 0 Å². The molecule has 98 valence electrons. The zero-order valence-electron chi connectivity index (χ0n) is 10.1. The highest BCUT2D eigenvalue weighted by molar-refractivity contribution is 6.32. The summed E-state index contributed by atoms with van der Waals surface area (Å²) in [7, 11) is 0. The van der Waals surface area contributed by atoms with Crippen LogP contribution in [0.3, 0.4) is 0 Å². The second-order valence-electron chi connectivity index (χ2n) is 4.07. The third-order valence-electron chi connectivity index (χ3n) is 2.51. The molecule has 1 aromatic heterocycles. The number of carbonyl (C=O) groups is 1. The van der Waals surface area contributed by atoms with Gasteiger partial charge < -0.3 is 4.42 Å². The van der Waals surface area contributed by atoms with Gasteiger partial charge in [0.1, 0.15) is 22.3 Å². The van der Waals surface area contributed by atoms with Gasteiger partial charge in [0.05, 0.1) is 11.3 Å². The van der Waals surface area contributed by atoms with Crippen molar-refractivity contribution < 1.29 is 14.1 Å². The molecule has 0 aliphatic carbocycles. The van der Waals surface area contributed by atoms with E-state index in [9.17, 15) is 14.9 Å². The monoisotopic (exact) mass is 279 g/mol. The average molecular weight is 280 g/mol. The van der Waals surface area contributed by atoms with E-state index in [0.29, 0.717) is 17.1 Å². The third kappa shape index (κ3) is 3.00. The van der Waals surface area contributed by atoms with Crippen LogP contribution in [0.5, 0.6) is 0 Å². The summed E-state index contributed by atoms with van der Waals surface area (Å²) in [5.41, 5.74) is 0.478. The minimum atomic E-state index is -0.546. The number of Topliss-reactive ketones (excluding diaryl/α,β-unsaturated/α-hetero) is 1. The second kappa shape index (κ2) is 5.24.